The fraction of sp³-hybridized carbons (Fsp3) is 0.0769. The number of nitrogens with one attached hydrogen (secondary N) is 1. The van der Waals surface area contributed by atoms with Gasteiger partial charge in [0.05, 0.1) is 5.69 Å². The van der Waals surface area contributed by atoms with Gasteiger partial charge in [0.15, 0.2) is 11.4 Å². The van der Waals surface area contributed by atoms with Gasteiger partial charge >= 0.3 is 0 Å². The van der Waals surface area contributed by atoms with E-state index in [0.29, 0.717) is 5.17 Å². The van der Waals surface area contributed by atoms with Crippen molar-refractivity contribution in [3.8, 4) is 16.6 Å². The van der Waals surface area contributed by atoms with Gasteiger partial charge in [0.2, 0.25) is 0 Å². The van der Waals surface area contributed by atoms with Crippen LogP contribution in [0.4, 0.5) is 5.69 Å². The van der Waals surface area contributed by atoms with E-state index in [0.717, 1.165) is 5.69 Å². The first kappa shape index (κ1) is 12.7. The van der Waals surface area contributed by atoms with Gasteiger partial charge in [-0.1, -0.05) is 30.0 Å². The van der Waals surface area contributed by atoms with Crippen LogP contribution in [0.25, 0.3) is 10.4 Å². The van der Waals surface area contributed by atoms with E-state index in [4.69, 9.17) is 5.26 Å². The lowest BCUT2D eigenvalue weighted by molar-refractivity contribution is 1.28. The Morgan fingerprint density at radius 2 is 2.11 bits per heavy atom. The minimum absolute atomic E-state index is 0.598. The Hall–Kier alpha value is -1.77. The topological polar surface area (TPSA) is 48.2 Å². The number of amidine groups is 1. The van der Waals surface area contributed by atoms with Crippen molar-refractivity contribution in [3.05, 3.63) is 41.8 Å². The lowest BCUT2D eigenvalue weighted by Crippen LogP contribution is -2.12. The Morgan fingerprint density at radius 1 is 1.33 bits per heavy atom. The second-order valence-corrected chi connectivity index (χ2v) is 5.12. The molecule has 3 nitrogen and oxygen atoms in total. The molecular weight excluding hydrogens is 262 g/mol. The zero-order chi connectivity index (χ0) is 12.8. The predicted octanol–water partition coefficient (Wildman–Crippen LogP) is 3.84. The monoisotopic (exact) mass is 273 g/mol. The van der Waals surface area contributed by atoms with Crippen LogP contribution in [0.1, 0.15) is 0 Å². The predicted molar refractivity (Wildman–Crippen MR) is 79.1 cm³/mol. The van der Waals surface area contributed by atoms with Crippen molar-refractivity contribution in [1.29, 1.82) is 5.26 Å². The molecule has 18 heavy (non-hydrogen) atoms. The standard InChI is InChI=1S/C13H11N3S2/c1-17-13(15-9-14)16-11-6-4-10(5-7-11)12-3-2-8-18-12/h2-8H,1H3,(H,15,16). The number of hydrogen-bond acceptors (Lipinski definition) is 4. The summed E-state index contributed by atoms with van der Waals surface area (Å²) < 4.78 is 0. The van der Waals surface area contributed by atoms with Gasteiger partial charge in [0.25, 0.3) is 0 Å². The Bertz CT molecular complexity index is 565. The highest BCUT2D eigenvalue weighted by Crippen LogP contribution is 2.26. The summed E-state index contributed by atoms with van der Waals surface area (Å²) in [5.41, 5.74) is 2.02. The van der Waals surface area contributed by atoms with Gasteiger partial charge in [-0.15, -0.1) is 11.3 Å². The molecule has 2 aromatic rings. The van der Waals surface area contributed by atoms with Crippen LogP contribution in [0.15, 0.2) is 46.8 Å². The average Bonchev–Trinajstić information content (AvgIpc) is 2.93. The van der Waals surface area contributed by atoms with Gasteiger partial charge < -0.3 is 0 Å². The Balaban J connectivity index is 2.20. The first-order valence-electron chi connectivity index (χ1n) is 5.25. The molecule has 0 spiro atoms. The van der Waals surface area contributed by atoms with Crippen LogP contribution in [-0.4, -0.2) is 11.4 Å². The molecule has 0 radical (unpaired) electrons. The number of benzene rings is 1. The minimum Gasteiger partial charge on any atom is -0.271 e. The van der Waals surface area contributed by atoms with Crippen molar-refractivity contribution in [3.63, 3.8) is 0 Å². The average molecular weight is 273 g/mol. The van der Waals surface area contributed by atoms with Gasteiger partial charge in [0, 0.05) is 4.88 Å². The molecule has 1 N–H and O–H groups in total. The fourth-order valence-corrected chi connectivity index (χ4v) is 2.51. The number of rotatable bonds is 2. The molecule has 0 bridgehead atoms. The van der Waals surface area contributed by atoms with E-state index >= 15 is 0 Å². The highest BCUT2D eigenvalue weighted by Gasteiger charge is 1.99. The number of nitriles is 1. The third-order valence-corrected chi connectivity index (χ3v) is 3.76. The molecule has 0 saturated carbocycles. The SMILES string of the molecule is CSC(=Nc1ccc(-c2cccs2)cc1)NC#N. The molecule has 5 heteroatoms. The van der Waals surface area contributed by atoms with Crippen LogP contribution in [0, 0.1) is 11.5 Å². The van der Waals surface area contributed by atoms with Gasteiger partial charge in [-0.2, -0.15) is 5.26 Å². The van der Waals surface area contributed by atoms with Crippen LogP contribution in [0.2, 0.25) is 0 Å². The molecule has 2 rings (SSSR count). The van der Waals surface area contributed by atoms with Gasteiger partial charge in [0.1, 0.15) is 0 Å². The summed E-state index contributed by atoms with van der Waals surface area (Å²) in [6, 6.07) is 12.1. The van der Waals surface area contributed by atoms with Crippen molar-refractivity contribution >= 4 is 34.0 Å². The maximum atomic E-state index is 8.56. The van der Waals surface area contributed by atoms with Crippen molar-refractivity contribution < 1.29 is 0 Å². The summed E-state index contributed by atoms with van der Waals surface area (Å²) in [5, 5.41) is 13.8. The number of hydrogen-bond donors (Lipinski definition) is 1. The zero-order valence-electron chi connectivity index (χ0n) is 9.75. The summed E-state index contributed by atoms with van der Waals surface area (Å²) in [6.45, 7) is 0. The summed E-state index contributed by atoms with van der Waals surface area (Å²) >= 11 is 3.12. The van der Waals surface area contributed by atoms with Crippen LogP contribution >= 0.6 is 23.1 Å². The second-order valence-electron chi connectivity index (χ2n) is 3.38. The van der Waals surface area contributed by atoms with E-state index in [9.17, 15) is 0 Å². The fourth-order valence-electron chi connectivity index (χ4n) is 1.43. The molecule has 0 amide bonds. The quantitative estimate of drug-likeness (QED) is 0.391. The van der Waals surface area contributed by atoms with Crippen LogP contribution in [0.5, 0.6) is 0 Å². The Morgan fingerprint density at radius 3 is 2.67 bits per heavy atom. The number of nitrogens with zero attached hydrogens (tertiary/aromatic N) is 2. The summed E-state index contributed by atoms with van der Waals surface area (Å²) in [4.78, 5) is 5.58. The van der Waals surface area contributed by atoms with Crippen molar-refractivity contribution in [2.45, 2.75) is 0 Å². The molecule has 0 aliphatic carbocycles. The highest BCUT2D eigenvalue weighted by molar-refractivity contribution is 8.13. The first-order chi connectivity index (χ1) is 8.83. The second kappa shape index (κ2) is 6.24. The Kier molecular flexibility index (Phi) is 4.40. The van der Waals surface area contributed by atoms with Gasteiger partial charge in [-0.25, -0.2) is 4.99 Å². The molecule has 1 heterocycles. The van der Waals surface area contributed by atoms with E-state index < -0.39 is 0 Å². The van der Waals surface area contributed by atoms with E-state index in [2.05, 4.69) is 21.8 Å². The van der Waals surface area contributed by atoms with Crippen LogP contribution < -0.4 is 5.32 Å². The Labute approximate surface area is 114 Å². The molecule has 1 aromatic carbocycles. The van der Waals surface area contributed by atoms with Crippen molar-refractivity contribution in [2.75, 3.05) is 6.26 Å². The number of thiophene rings is 1. The van der Waals surface area contributed by atoms with Crippen molar-refractivity contribution in [1.82, 2.24) is 5.32 Å². The lowest BCUT2D eigenvalue weighted by atomic mass is 10.2. The number of aliphatic imine (C=N–C) groups is 1. The van der Waals surface area contributed by atoms with Gasteiger partial charge in [-0.05, 0) is 35.4 Å². The summed E-state index contributed by atoms with van der Waals surface area (Å²) in [5.74, 6) is 0. The third kappa shape index (κ3) is 3.13. The van der Waals surface area contributed by atoms with E-state index in [-0.39, 0.29) is 0 Å². The number of thioether (sulfide) groups is 1. The largest absolute Gasteiger partial charge is 0.271 e. The van der Waals surface area contributed by atoms with Crippen LogP contribution in [0.3, 0.4) is 0 Å². The summed E-state index contributed by atoms with van der Waals surface area (Å²) in [6.07, 6.45) is 3.75. The molecule has 90 valence electrons. The summed E-state index contributed by atoms with van der Waals surface area (Å²) in [7, 11) is 0. The maximum absolute atomic E-state index is 8.56. The lowest BCUT2D eigenvalue weighted by Gasteiger charge is -2.01. The molecule has 1 aromatic heterocycles. The normalized spacial score (nSPS) is 11.0. The maximum Gasteiger partial charge on any atom is 0.183 e. The molecule has 0 aliphatic rings. The molecule has 0 unspecified atom stereocenters. The molecular formula is C13H11N3S2. The van der Waals surface area contributed by atoms with Gasteiger partial charge in [-0.3, -0.25) is 5.32 Å². The molecule has 0 fully saturated rings. The van der Waals surface area contributed by atoms with Crippen molar-refractivity contribution in [2.24, 2.45) is 4.99 Å². The first-order valence-corrected chi connectivity index (χ1v) is 7.35. The highest BCUT2D eigenvalue weighted by atomic mass is 32.2. The van der Waals surface area contributed by atoms with E-state index in [1.807, 2.05) is 42.8 Å². The molecule has 0 atom stereocenters. The smallest absolute Gasteiger partial charge is 0.183 e. The van der Waals surface area contributed by atoms with E-state index in [1.54, 1.807) is 11.3 Å². The van der Waals surface area contributed by atoms with Crippen LogP contribution in [-0.2, 0) is 0 Å². The zero-order valence-corrected chi connectivity index (χ0v) is 11.4. The molecule has 0 saturated heterocycles. The third-order valence-electron chi connectivity index (χ3n) is 2.26. The minimum atomic E-state index is 0.598. The van der Waals surface area contributed by atoms with E-state index in [1.165, 1.54) is 22.2 Å². The molecule has 0 aliphatic heterocycles.